The summed E-state index contributed by atoms with van der Waals surface area (Å²) in [7, 11) is 10.4. The average molecular weight is 1020 g/mol. The monoisotopic (exact) mass is 1020 g/mol. The van der Waals surface area contributed by atoms with Crippen LogP contribution < -0.4 is 44.2 Å². The number of hydroxylamine groups is 2. The maximum absolute atomic E-state index is 13.6. The predicted molar refractivity (Wildman–Crippen MR) is 275 cm³/mol. The molecule has 0 unspecified atom stereocenters. The Morgan fingerprint density at radius 2 is 1.41 bits per heavy atom. The first-order valence-corrected chi connectivity index (χ1v) is 24.5. The number of benzene rings is 4. The van der Waals surface area contributed by atoms with Crippen molar-refractivity contribution in [3.63, 3.8) is 0 Å². The zero-order valence-electron chi connectivity index (χ0n) is 43.1. The van der Waals surface area contributed by atoms with E-state index in [0.717, 1.165) is 33.1 Å². The zero-order valence-corrected chi connectivity index (χ0v) is 43.1. The van der Waals surface area contributed by atoms with E-state index in [1.807, 2.05) is 110 Å². The molecule has 0 bridgehead atoms. The third kappa shape index (κ3) is 13.6. The molecule has 0 spiro atoms. The molecule has 3 amide bonds. The topological polar surface area (TPSA) is 208 Å². The van der Waals surface area contributed by atoms with E-state index in [4.69, 9.17) is 37.7 Å². The van der Waals surface area contributed by atoms with Gasteiger partial charge in [0.1, 0.15) is 69.0 Å². The molecule has 7 rings (SSSR count). The van der Waals surface area contributed by atoms with E-state index >= 15 is 0 Å². The number of unbranched alkanes of at least 4 members (excludes halogenated alkanes) is 2. The molecule has 0 radical (unpaired) electrons. The summed E-state index contributed by atoms with van der Waals surface area (Å²) in [5.74, 6) is -1.32. The molecule has 3 aliphatic heterocycles. The van der Waals surface area contributed by atoms with Crippen molar-refractivity contribution in [2.75, 3.05) is 123 Å². The Labute approximate surface area is 429 Å². The molecule has 0 saturated carbocycles. The lowest BCUT2D eigenvalue weighted by molar-refractivity contribution is -0.197. The lowest BCUT2D eigenvalue weighted by atomic mass is 9.92. The molecular formula is C54H65N6O14+. The van der Waals surface area contributed by atoms with Gasteiger partial charge in [0.15, 0.2) is 6.61 Å². The first kappa shape index (κ1) is 53.9. The Morgan fingerprint density at radius 3 is 2.07 bits per heavy atom. The van der Waals surface area contributed by atoms with Gasteiger partial charge in [-0.05, 0) is 61.7 Å². The minimum Gasteiger partial charge on any atom is -0.488 e. The highest BCUT2D eigenvalue weighted by molar-refractivity contribution is 6.05. The maximum Gasteiger partial charge on any atom is 0.333 e. The molecule has 1 N–H and O–H groups in total. The number of carbonyl (C=O) groups excluding carboxylic acids is 6. The molecule has 1 aliphatic carbocycles. The quantitative estimate of drug-likeness (QED) is 0.0466. The number of rotatable bonds is 16. The molecule has 1 saturated heterocycles. The van der Waals surface area contributed by atoms with Crippen molar-refractivity contribution in [3.8, 4) is 39.7 Å². The number of imide groups is 1. The molecule has 20 heteroatoms. The minimum atomic E-state index is -0.679. The van der Waals surface area contributed by atoms with Gasteiger partial charge in [-0.3, -0.25) is 24.0 Å². The van der Waals surface area contributed by atoms with E-state index in [-0.39, 0.29) is 71.9 Å². The van der Waals surface area contributed by atoms with E-state index in [1.54, 1.807) is 11.0 Å². The fourth-order valence-electron chi connectivity index (χ4n) is 8.50. The smallest absolute Gasteiger partial charge is 0.333 e. The van der Waals surface area contributed by atoms with Crippen LogP contribution in [0.2, 0.25) is 0 Å². The molecule has 3 aromatic rings. The van der Waals surface area contributed by atoms with Gasteiger partial charge < -0.3 is 57.7 Å². The highest BCUT2D eigenvalue weighted by Gasteiger charge is 2.33. The van der Waals surface area contributed by atoms with Gasteiger partial charge in [-0.2, -0.15) is 0 Å². The van der Waals surface area contributed by atoms with Crippen molar-refractivity contribution < 1.29 is 66.4 Å². The Bertz CT molecular complexity index is 2900. The summed E-state index contributed by atoms with van der Waals surface area (Å²) in [6.07, 6.45) is 1.53. The second kappa shape index (κ2) is 25.2. The molecule has 0 aromatic heterocycles. The second-order valence-electron chi connectivity index (χ2n) is 18.2. The van der Waals surface area contributed by atoms with Gasteiger partial charge in [0, 0.05) is 99.0 Å². The van der Waals surface area contributed by atoms with Crippen LogP contribution in [0, 0.1) is 6.92 Å². The number of hydrogen-bond donors (Lipinski definition) is 1. The van der Waals surface area contributed by atoms with Crippen molar-refractivity contribution in [1.82, 2.24) is 15.0 Å². The third-order valence-electron chi connectivity index (χ3n) is 12.5. The van der Waals surface area contributed by atoms with E-state index in [0.29, 0.717) is 76.4 Å². The van der Waals surface area contributed by atoms with Crippen LogP contribution in [0.1, 0.15) is 44.1 Å². The third-order valence-corrected chi connectivity index (χ3v) is 12.5. The average Bonchev–Trinajstić information content (AvgIpc) is 3.69. The summed E-state index contributed by atoms with van der Waals surface area (Å²) in [5.41, 5.74) is 5.63. The summed E-state index contributed by atoms with van der Waals surface area (Å²) in [6.45, 7) is 2.59. The number of nitrogens with one attached hydrogen (secondary N) is 1. The van der Waals surface area contributed by atoms with Gasteiger partial charge in [0.05, 0.1) is 44.9 Å². The summed E-state index contributed by atoms with van der Waals surface area (Å²) >= 11 is 0. The van der Waals surface area contributed by atoms with Crippen LogP contribution in [0.25, 0.3) is 33.4 Å². The predicted octanol–water partition coefficient (Wildman–Crippen LogP) is 4.72. The normalized spacial score (nSPS) is 14.2. The summed E-state index contributed by atoms with van der Waals surface area (Å²) in [4.78, 5) is 85.9. The molecule has 1 fully saturated rings. The first-order chi connectivity index (χ1) is 35.6. The molecule has 3 heterocycles. The van der Waals surface area contributed by atoms with Gasteiger partial charge >= 0.3 is 17.9 Å². The van der Waals surface area contributed by atoms with Crippen molar-refractivity contribution in [3.05, 3.63) is 77.7 Å². The van der Waals surface area contributed by atoms with Crippen LogP contribution in [-0.2, 0) is 47.8 Å². The SMILES string of the molecule is COC(=O)CN1CCOCCN(CC(=O)OC)c2cc(OCC(=O)NCCCCCC(=O)ON3C(=O)CCC3=O)c(-c3c4ccc(=[N+](C)C)cc-4oc4cc(N(C)C)ccc34)cc2OCCOc2cc(C)ccc21. The lowest BCUT2D eigenvalue weighted by Gasteiger charge is -2.28. The van der Waals surface area contributed by atoms with Crippen molar-refractivity contribution in [2.24, 2.45) is 0 Å². The van der Waals surface area contributed by atoms with Crippen LogP contribution in [0.3, 0.4) is 0 Å². The number of ether oxygens (including phenoxy) is 6. The fraction of sp³-hybridized carbons (Fsp3) is 0.426. The number of anilines is 3. The number of amides is 3. The molecule has 3 aromatic carbocycles. The Kier molecular flexibility index (Phi) is 18.3. The molecular weight excluding hydrogens is 957 g/mol. The van der Waals surface area contributed by atoms with Gasteiger partial charge in [0.2, 0.25) is 5.36 Å². The fourth-order valence-corrected chi connectivity index (χ4v) is 8.50. The molecule has 4 aliphatic rings. The maximum atomic E-state index is 13.6. The summed E-state index contributed by atoms with van der Waals surface area (Å²) in [5, 5.41) is 5.09. The molecule has 74 heavy (non-hydrogen) atoms. The zero-order chi connectivity index (χ0) is 52.9. The molecule has 20 nitrogen and oxygen atoms in total. The summed E-state index contributed by atoms with van der Waals surface area (Å²) < 4.78 is 44.7. The molecule has 0 atom stereocenters. The number of hydrogen-bond acceptors (Lipinski definition) is 17. The number of carbonyl (C=O) groups is 6. The first-order valence-electron chi connectivity index (χ1n) is 24.5. The van der Waals surface area contributed by atoms with Crippen molar-refractivity contribution in [2.45, 2.75) is 45.4 Å². The van der Waals surface area contributed by atoms with Gasteiger partial charge in [-0.25, -0.2) is 9.37 Å². The standard InChI is InChI=1S/C54H64N6O14/c1-35-12-17-41-46(27-35)70-25-26-71-47-30-40(54-38-15-13-36(56(2)3)28-44(38)73-45-29-37(57(4)5)14-16-39(45)54)43(31-42(47)59(33-53(66)68-7)22-24-69-23-21-58(41)32-52(65)67-6)72-34-48(61)55-20-10-8-9-11-51(64)74-60-49(62)18-19-50(60)63/h12-17,27-31H,8-11,18-26,32-34H2,1-7H3/p+1. The van der Waals surface area contributed by atoms with Crippen LogP contribution in [0.5, 0.6) is 17.2 Å². The number of aryl methyl sites for hydroxylation is 1. The van der Waals surface area contributed by atoms with Crippen LogP contribution in [-0.4, -0.2) is 149 Å². The number of fused-ring (bicyclic) bond motifs is 4. The van der Waals surface area contributed by atoms with E-state index in [2.05, 4.69) is 5.32 Å². The Morgan fingerprint density at radius 1 is 0.730 bits per heavy atom. The van der Waals surface area contributed by atoms with Crippen molar-refractivity contribution >= 4 is 63.7 Å². The van der Waals surface area contributed by atoms with Crippen molar-refractivity contribution in [1.29, 1.82) is 0 Å². The van der Waals surface area contributed by atoms with Crippen LogP contribution in [0.15, 0.2) is 71.1 Å². The Hall–Kier alpha value is -7.87. The molecule has 394 valence electrons. The van der Waals surface area contributed by atoms with Crippen LogP contribution >= 0.6 is 0 Å². The summed E-state index contributed by atoms with van der Waals surface area (Å²) in [6, 6.07) is 21.2. The van der Waals surface area contributed by atoms with Gasteiger partial charge in [-0.1, -0.05) is 12.5 Å². The highest BCUT2D eigenvalue weighted by atomic mass is 16.7. The van der Waals surface area contributed by atoms with Gasteiger partial charge in [0.25, 0.3) is 17.7 Å². The largest absolute Gasteiger partial charge is 0.488 e. The number of methoxy groups -OCH3 is 2. The number of esters is 2. The number of nitrogens with zero attached hydrogens (tertiary/aromatic N) is 5. The highest BCUT2D eigenvalue weighted by Crippen LogP contribution is 2.48. The lowest BCUT2D eigenvalue weighted by Crippen LogP contribution is -2.36. The van der Waals surface area contributed by atoms with E-state index < -0.39 is 42.2 Å². The van der Waals surface area contributed by atoms with E-state index in [1.165, 1.54) is 14.2 Å². The van der Waals surface area contributed by atoms with Gasteiger partial charge in [-0.15, -0.1) is 5.06 Å². The minimum absolute atomic E-state index is 0.00255. The Balaban J connectivity index is 1.25. The second-order valence-corrected chi connectivity index (χ2v) is 18.2. The van der Waals surface area contributed by atoms with E-state index in [9.17, 15) is 28.8 Å². The van der Waals surface area contributed by atoms with Crippen LogP contribution in [0.4, 0.5) is 17.1 Å².